The minimum atomic E-state index is -0.0412. The monoisotopic (exact) mass is 252 g/mol. The van der Waals surface area contributed by atoms with Crippen molar-refractivity contribution in [2.45, 2.75) is 13.3 Å². The summed E-state index contributed by atoms with van der Waals surface area (Å²) in [5.41, 5.74) is 6.78. The molecule has 0 aliphatic carbocycles. The van der Waals surface area contributed by atoms with Crippen LogP contribution >= 0.6 is 12.2 Å². The van der Waals surface area contributed by atoms with Crippen LogP contribution in [0.3, 0.4) is 0 Å². The Morgan fingerprint density at radius 2 is 2.35 bits per heavy atom. The van der Waals surface area contributed by atoms with Gasteiger partial charge in [0.15, 0.2) is 0 Å². The van der Waals surface area contributed by atoms with E-state index in [0.717, 1.165) is 12.1 Å². The molecule has 4 N–H and O–H groups in total. The van der Waals surface area contributed by atoms with E-state index >= 15 is 0 Å². The number of hydrogen-bond donors (Lipinski definition) is 3. The van der Waals surface area contributed by atoms with E-state index in [1.54, 1.807) is 18.3 Å². The fraction of sp³-hybridized carbons (Fsp3) is 0.364. The molecule has 0 atom stereocenters. The predicted octanol–water partition coefficient (Wildman–Crippen LogP) is 0.654. The van der Waals surface area contributed by atoms with Crippen LogP contribution in [0.5, 0.6) is 0 Å². The molecule has 0 aromatic carbocycles. The maximum absolute atomic E-state index is 11.4. The maximum atomic E-state index is 11.4. The summed E-state index contributed by atoms with van der Waals surface area (Å²) < 4.78 is 0. The molecule has 0 aliphatic heterocycles. The smallest absolute Gasteiger partial charge is 0.239 e. The number of pyridine rings is 1. The summed E-state index contributed by atoms with van der Waals surface area (Å²) >= 11 is 4.82. The molecule has 0 spiro atoms. The van der Waals surface area contributed by atoms with Crippen LogP contribution in [0.2, 0.25) is 0 Å². The Hall–Kier alpha value is -1.69. The Bertz CT molecular complexity index is 408. The third-order valence-electron chi connectivity index (χ3n) is 2.04. The number of thiocarbonyl (C=S) groups is 1. The molecule has 0 saturated heterocycles. The van der Waals surface area contributed by atoms with Crippen LogP contribution in [0.1, 0.15) is 19.0 Å². The van der Waals surface area contributed by atoms with Gasteiger partial charge < -0.3 is 16.4 Å². The fourth-order valence-corrected chi connectivity index (χ4v) is 1.30. The molecule has 1 amide bonds. The van der Waals surface area contributed by atoms with Gasteiger partial charge in [0.2, 0.25) is 5.91 Å². The van der Waals surface area contributed by atoms with Gasteiger partial charge in [0.25, 0.3) is 0 Å². The molecular weight excluding hydrogens is 236 g/mol. The van der Waals surface area contributed by atoms with Crippen molar-refractivity contribution in [2.75, 3.05) is 18.4 Å². The van der Waals surface area contributed by atoms with Crippen molar-refractivity contribution in [3.8, 4) is 0 Å². The summed E-state index contributed by atoms with van der Waals surface area (Å²) in [7, 11) is 0. The minimum Gasteiger partial charge on any atom is -0.388 e. The van der Waals surface area contributed by atoms with Crippen LogP contribution in [0, 0.1) is 0 Å². The van der Waals surface area contributed by atoms with Gasteiger partial charge in [-0.3, -0.25) is 9.78 Å². The van der Waals surface area contributed by atoms with E-state index in [0.29, 0.717) is 12.2 Å². The highest BCUT2D eigenvalue weighted by atomic mass is 32.1. The molecule has 5 nitrogen and oxygen atoms in total. The van der Waals surface area contributed by atoms with Crippen molar-refractivity contribution >= 4 is 28.8 Å². The number of nitrogens with one attached hydrogen (secondary N) is 2. The Kier molecular flexibility index (Phi) is 5.35. The molecule has 1 heterocycles. The second kappa shape index (κ2) is 6.80. The van der Waals surface area contributed by atoms with Gasteiger partial charge in [0.05, 0.1) is 12.2 Å². The Labute approximate surface area is 106 Å². The highest BCUT2D eigenvalue weighted by Gasteiger charge is 2.02. The second-order valence-electron chi connectivity index (χ2n) is 3.50. The summed E-state index contributed by atoms with van der Waals surface area (Å²) in [4.78, 5) is 15.6. The third kappa shape index (κ3) is 4.78. The van der Waals surface area contributed by atoms with E-state index in [9.17, 15) is 4.79 Å². The van der Waals surface area contributed by atoms with E-state index < -0.39 is 0 Å². The summed E-state index contributed by atoms with van der Waals surface area (Å²) in [6.07, 6.45) is 2.52. The molecule has 0 radical (unpaired) electrons. The lowest BCUT2D eigenvalue weighted by Crippen LogP contribution is -2.30. The van der Waals surface area contributed by atoms with E-state index in [-0.39, 0.29) is 17.4 Å². The van der Waals surface area contributed by atoms with Crippen molar-refractivity contribution in [3.05, 3.63) is 24.0 Å². The number of carbonyl (C=O) groups excluding carboxylic acids is 1. The average Bonchev–Trinajstić information content (AvgIpc) is 2.34. The first kappa shape index (κ1) is 13.4. The van der Waals surface area contributed by atoms with Gasteiger partial charge in [0, 0.05) is 18.4 Å². The van der Waals surface area contributed by atoms with Gasteiger partial charge in [-0.05, 0) is 18.6 Å². The lowest BCUT2D eigenvalue weighted by Gasteiger charge is -2.07. The van der Waals surface area contributed by atoms with Crippen LogP contribution in [0.15, 0.2) is 18.3 Å². The molecule has 0 saturated carbocycles. The number of carbonyl (C=O) groups is 1. The molecule has 0 fully saturated rings. The van der Waals surface area contributed by atoms with E-state index in [1.165, 1.54) is 0 Å². The van der Waals surface area contributed by atoms with Gasteiger partial charge in [-0.25, -0.2) is 0 Å². The van der Waals surface area contributed by atoms with Crippen molar-refractivity contribution < 1.29 is 4.79 Å². The number of hydrogen-bond acceptors (Lipinski definition) is 4. The van der Waals surface area contributed by atoms with E-state index in [1.807, 2.05) is 6.92 Å². The van der Waals surface area contributed by atoms with Crippen LogP contribution < -0.4 is 16.4 Å². The van der Waals surface area contributed by atoms with E-state index in [4.69, 9.17) is 18.0 Å². The summed E-state index contributed by atoms with van der Waals surface area (Å²) in [5.74, 6) is -0.0412. The Morgan fingerprint density at radius 3 is 3.00 bits per heavy atom. The van der Waals surface area contributed by atoms with Crippen LogP contribution in [-0.2, 0) is 4.79 Å². The largest absolute Gasteiger partial charge is 0.388 e. The highest BCUT2D eigenvalue weighted by molar-refractivity contribution is 7.80. The standard InChI is InChI=1S/C11H16N4OS/c1-2-4-14-10(16)7-15-8-3-5-13-9(6-8)11(12)17/h3,5-6H,2,4,7H2,1H3,(H2,12,17)(H,13,15)(H,14,16). The number of rotatable bonds is 6. The van der Waals surface area contributed by atoms with Crippen molar-refractivity contribution in [3.63, 3.8) is 0 Å². The zero-order valence-electron chi connectivity index (χ0n) is 9.69. The number of amides is 1. The average molecular weight is 252 g/mol. The van der Waals surface area contributed by atoms with Crippen molar-refractivity contribution in [2.24, 2.45) is 5.73 Å². The lowest BCUT2D eigenvalue weighted by molar-refractivity contribution is -0.119. The normalized spacial score (nSPS) is 9.71. The van der Waals surface area contributed by atoms with Gasteiger partial charge in [0.1, 0.15) is 4.99 Å². The lowest BCUT2D eigenvalue weighted by atomic mass is 10.3. The Balaban J connectivity index is 2.49. The SMILES string of the molecule is CCCNC(=O)CNc1ccnc(C(N)=S)c1. The number of nitrogens with zero attached hydrogens (tertiary/aromatic N) is 1. The summed E-state index contributed by atoms with van der Waals surface area (Å²) in [6, 6.07) is 3.48. The molecule has 0 unspecified atom stereocenters. The summed E-state index contributed by atoms with van der Waals surface area (Å²) in [5, 5.41) is 5.75. The summed E-state index contributed by atoms with van der Waals surface area (Å²) in [6.45, 7) is 2.92. The predicted molar refractivity (Wildman–Crippen MR) is 71.9 cm³/mol. The molecular formula is C11H16N4OS. The van der Waals surface area contributed by atoms with Crippen molar-refractivity contribution in [1.29, 1.82) is 0 Å². The molecule has 1 aromatic heterocycles. The molecule has 17 heavy (non-hydrogen) atoms. The molecule has 0 bridgehead atoms. The maximum Gasteiger partial charge on any atom is 0.239 e. The molecule has 6 heteroatoms. The van der Waals surface area contributed by atoms with Gasteiger partial charge in [-0.15, -0.1) is 0 Å². The fourth-order valence-electron chi connectivity index (χ4n) is 1.18. The third-order valence-corrected chi connectivity index (χ3v) is 2.25. The van der Waals surface area contributed by atoms with Crippen LogP contribution in [-0.4, -0.2) is 29.0 Å². The highest BCUT2D eigenvalue weighted by Crippen LogP contribution is 2.07. The zero-order valence-corrected chi connectivity index (χ0v) is 10.5. The van der Waals surface area contributed by atoms with Crippen LogP contribution in [0.4, 0.5) is 5.69 Å². The first-order valence-corrected chi connectivity index (χ1v) is 5.80. The molecule has 0 aliphatic rings. The second-order valence-corrected chi connectivity index (χ2v) is 3.94. The first-order valence-electron chi connectivity index (χ1n) is 5.40. The Morgan fingerprint density at radius 1 is 1.59 bits per heavy atom. The number of anilines is 1. The minimum absolute atomic E-state index is 0.0412. The topological polar surface area (TPSA) is 80.0 Å². The van der Waals surface area contributed by atoms with Crippen LogP contribution in [0.25, 0.3) is 0 Å². The zero-order chi connectivity index (χ0) is 12.7. The quantitative estimate of drug-likeness (QED) is 0.648. The molecule has 1 aromatic rings. The number of aromatic nitrogens is 1. The van der Waals surface area contributed by atoms with Gasteiger partial charge >= 0.3 is 0 Å². The number of nitrogens with two attached hydrogens (primary N) is 1. The molecule has 92 valence electrons. The van der Waals surface area contributed by atoms with Gasteiger partial charge in [-0.2, -0.15) is 0 Å². The van der Waals surface area contributed by atoms with E-state index in [2.05, 4.69) is 15.6 Å². The van der Waals surface area contributed by atoms with Crippen molar-refractivity contribution in [1.82, 2.24) is 10.3 Å². The van der Waals surface area contributed by atoms with Gasteiger partial charge in [-0.1, -0.05) is 19.1 Å². The molecule has 1 rings (SSSR count). The first-order chi connectivity index (χ1) is 8.13.